The molecule has 0 unspecified atom stereocenters. The van der Waals surface area contributed by atoms with Crippen LogP contribution < -0.4 is 10.0 Å². The first-order valence-corrected chi connectivity index (χ1v) is 12.8. The Morgan fingerprint density at radius 3 is 2.39 bits per heavy atom. The van der Waals surface area contributed by atoms with E-state index in [2.05, 4.69) is 17.0 Å². The van der Waals surface area contributed by atoms with Crippen LogP contribution in [0.1, 0.15) is 37.0 Å². The largest absolute Gasteiger partial charge is 0.339 e. The average molecular weight is 462 g/mol. The van der Waals surface area contributed by atoms with E-state index < -0.39 is 10.0 Å². The van der Waals surface area contributed by atoms with E-state index in [1.165, 1.54) is 36.9 Å². The van der Waals surface area contributed by atoms with Gasteiger partial charge in [-0.05, 0) is 61.4 Å². The molecule has 0 radical (unpaired) electrons. The molecule has 0 aliphatic carbocycles. The van der Waals surface area contributed by atoms with Gasteiger partial charge in [0.15, 0.2) is 0 Å². The third kappa shape index (κ3) is 5.80. The molecular weight excluding hydrogens is 434 g/mol. The lowest BCUT2D eigenvalue weighted by molar-refractivity contribution is -0.114. The highest BCUT2D eigenvalue weighted by Gasteiger charge is 2.25. The maximum Gasteiger partial charge on any atom is 0.261 e. The van der Waals surface area contributed by atoms with Crippen molar-refractivity contribution in [2.24, 2.45) is 5.92 Å². The topological polar surface area (TPSA) is 95.6 Å². The number of thioether (sulfide) groups is 1. The number of sulfonamides is 1. The Balaban J connectivity index is 1.87. The zero-order valence-corrected chi connectivity index (χ0v) is 19.5. The van der Waals surface area contributed by atoms with Gasteiger partial charge in [-0.1, -0.05) is 13.0 Å². The van der Waals surface area contributed by atoms with Gasteiger partial charge in [0, 0.05) is 30.6 Å². The van der Waals surface area contributed by atoms with Crippen molar-refractivity contribution in [2.75, 3.05) is 29.4 Å². The molecule has 2 amide bonds. The molecule has 0 atom stereocenters. The summed E-state index contributed by atoms with van der Waals surface area (Å²) in [6, 6.07) is 11.1. The number of amides is 2. The van der Waals surface area contributed by atoms with Crippen molar-refractivity contribution in [2.45, 2.75) is 36.5 Å². The molecule has 0 spiro atoms. The van der Waals surface area contributed by atoms with E-state index >= 15 is 0 Å². The van der Waals surface area contributed by atoms with E-state index in [1.54, 1.807) is 29.2 Å². The van der Waals surface area contributed by atoms with Crippen molar-refractivity contribution in [3.8, 4) is 0 Å². The summed E-state index contributed by atoms with van der Waals surface area (Å²) in [5, 5.41) is 2.62. The minimum Gasteiger partial charge on any atom is -0.339 e. The zero-order chi connectivity index (χ0) is 22.6. The highest BCUT2D eigenvalue weighted by atomic mass is 32.2. The van der Waals surface area contributed by atoms with Gasteiger partial charge in [0.05, 0.1) is 16.1 Å². The van der Waals surface area contributed by atoms with E-state index in [-0.39, 0.29) is 16.7 Å². The summed E-state index contributed by atoms with van der Waals surface area (Å²) in [5.74, 6) is 0.206. The van der Waals surface area contributed by atoms with E-state index in [4.69, 9.17) is 0 Å². The standard InChI is InChI=1S/C22H27N3O4S2/c1-15-9-11-25(12-10-15)22(27)20-14-19(7-8-21(20)30-3)31(28,29)24-18-6-4-5-17(13-18)23-16(2)26/h4-8,13-15,24H,9-12H2,1-3H3,(H,23,26). The second kappa shape index (κ2) is 9.74. The molecule has 1 heterocycles. The van der Waals surface area contributed by atoms with E-state index in [0.717, 1.165) is 17.7 Å². The maximum absolute atomic E-state index is 13.1. The smallest absolute Gasteiger partial charge is 0.261 e. The normalized spacial score (nSPS) is 14.9. The molecule has 2 aromatic rings. The van der Waals surface area contributed by atoms with Crippen LogP contribution in [0.4, 0.5) is 11.4 Å². The van der Waals surface area contributed by atoms with Gasteiger partial charge < -0.3 is 10.2 Å². The number of hydrogen-bond acceptors (Lipinski definition) is 5. The molecule has 2 aromatic carbocycles. The highest BCUT2D eigenvalue weighted by Crippen LogP contribution is 2.28. The van der Waals surface area contributed by atoms with Gasteiger partial charge >= 0.3 is 0 Å². The van der Waals surface area contributed by atoms with Crippen molar-refractivity contribution in [3.05, 3.63) is 48.0 Å². The molecule has 1 fully saturated rings. The minimum absolute atomic E-state index is 0.0176. The number of nitrogens with zero attached hydrogens (tertiary/aromatic N) is 1. The van der Waals surface area contributed by atoms with E-state index in [0.29, 0.717) is 35.9 Å². The Morgan fingerprint density at radius 2 is 1.74 bits per heavy atom. The first-order chi connectivity index (χ1) is 14.7. The Hall–Kier alpha value is -2.52. The lowest BCUT2D eigenvalue weighted by Crippen LogP contribution is -2.38. The van der Waals surface area contributed by atoms with E-state index in [1.807, 2.05) is 6.26 Å². The third-order valence-corrected chi connectivity index (χ3v) is 7.39. The average Bonchev–Trinajstić information content (AvgIpc) is 2.72. The first-order valence-electron chi connectivity index (χ1n) is 10.1. The summed E-state index contributed by atoms with van der Waals surface area (Å²) in [7, 11) is -3.92. The SMILES string of the molecule is CSc1ccc(S(=O)(=O)Nc2cccc(NC(C)=O)c2)cc1C(=O)N1CCC(C)CC1. The van der Waals surface area contributed by atoms with Gasteiger partial charge in [0.25, 0.3) is 15.9 Å². The summed E-state index contributed by atoms with van der Waals surface area (Å²) in [5.41, 5.74) is 1.20. The molecule has 31 heavy (non-hydrogen) atoms. The molecule has 2 N–H and O–H groups in total. The molecule has 0 aromatic heterocycles. The number of carbonyl (C=O) groups is 2. The molecule has 1 aliphatic heterocycles. The molecule has 166 valence electrons. The zero-order valence-electron chi connectivity index (χ0n) is 17.8. The molecule has 1 aliphatic rings. The fourth-order valence-corrected chi connectivity index (χ4v) is 5.13. The predicted molar refractivity (Wildman–Crippen MR) is 124 cm³/mol. The van der Waals surface area contributed by atoms with Crippen LogP contribution in [0.3, 0.4) is 0 Å². The first kappa shape index (κ1) is 23.1. The van der Waals surface area contributed by atoms with Gasteiger partial charge in [0.1, 0.15) is 0 Å². The van der Waals surface area contributed by atoms with E-state index in [9.17, 15) is 18.0 Å². The molecule has 7 nitrogen and oxygen atoms in total. The number of hydrogen-bond donors (Lipinski definition) is 2. The molecule has 0 bridgehead atoms. The van der Waals surface area contributed by atoms with Crippen LogP contribution in [0, 0.1) is 5.92 Å². The Bertz CT molecular complexity index is 1080. The molecule has 0 saturated carbocycles. The monoisotopic (exact) mass is 461 g/mol. The number of rotatable bonds is 6. The minimum atomic E-state index is -3.92. The van der Waals surface area contributed by atoms with Crippen molar-refractivity contribution in [1.82, 2.24) is 4.90 Å². The summed E-state index contributed by atoms with van der Waals surface area (Å²) in [6.07, 6.45) is 3.76. The summed E-state index contributed by atoms with van der Waals surface area (Å²) in [6.45, 7) is 4.92. The summed E-state index contributed by atoms with van der Waals surface area (Å²) in [4.78, 5) is 26.9. The van der Waals surface area contributed by atoms with Gasteiger partial charge in [-0.2, -0.15) is 0 Å². The van der Waals surface area contributed by atoms with Crippen LogP contribution in [-0.4, -0.2) is 44.5 Å². The lowest BCUT2D eigenvalue weighted by Gasteiger charge is -2.30. The van der Waals surface area contributed by atoms with Gasteiger partial charge in [-0.15, -0.1) is 11.8 Å². The van der Waals surface area contributed by atoms with Crippen LogP contribution in [0.5, 0.6) is 0 Å². The maximum atomic E-state index is 13.1. The van der Waals surface area contributed by atoms with Crippen LogP contribution >= 0.6 is 11.8 Å². The quantitative estimate of drug-likeness (QED) is 0.633. The number of nitrogens with one attached hydrogen (secondary N) is 2. The highest BCUT2D eigenvalue weighted by molar-refractivity contribution is 7.98. The van der Waals surface area contributed by atoms with Crippen molar-refractivity contribution < 1.29 is 18.0 Å². The number of anilines is 2. The predicted octanol–water partition coefficient (Wildman–Crippen LogP) is 4.04. The Morgan fingerprint density at radius 1 is 1.06 bits per heavy atom. The fourth-order valence-electron chi connectivity index (χ4n) is 3.48. The Kier molecular flexibility index (Phi) is 7.27. The van der Waals surface area contributed by atoms with Gasteiger partial charge in [-0.25, -0.2) is 8.42 Å². The molecular formula is C22H27N3O4S2. The Labute approximate surface area is 187 Å². The van der Waals surface area contributed by atoms with Crippen LogP contribution in [0.25, 0.3) is 0 Å². The van der Waals surface area contributed by atoms with Crippen molar-refractivity contribution in [1.29, 1.82) is 0 Å². The third-order valence-electron chi connectivity index (χ3n) is 5.22. The van der Waals surface area contributed by atoms with Crippen molar-refractivity contribution in [3.63, 3.8) is 0 Å². The molecule has 3 rings (SSSR count). The second-order valence-electron chi connectivity index (χ2n) is 7.70. The molecule has 9 heteroatoms. The lowest BCUT2D eigenvalue weighted by atomic mass is 9.98. The van der Waals surface area contributed by atoms with Gasteiger partial charge in [0.2, 0.25) is 5.91 Å². The fraction of sp³-hybridized carbons (Fsp3) is 0.364. The van der Waals surface area contributed by atoms with Crippen LogP contribution in [-0.2, 0) is 14.8 Å². The summed E-state index contributed by atoms with van der Waals surface area (Å²) < 4.78 is 28.5. The number of piperidine rings is 1. The van der Waals surface area contributed by atoms with Crippen molar-refractivity contribution >= 4 is 45.0 Å². The van der Waals surface area contributed by atoms with Gasteiger partial charge in [-0.3, -0.25) is 14.3 Å². The molecule has 1 saturated heterocycles. The van der Waals surface area contributed by atoms with Crippen LogP contribution in [0.2, 0.25) is 0 Å². The number of benzene rings is 2. The number of carbonyl (C=O) groups excluding carboxylic acids is 2. The second-order valence-corrected chi connectivity index (χ2v) is 10.2. The van der Waals surface area contributed by atoms with Crippen LogP contribution in [0.15, 0.2) is 52.3 Å². The summed E-state index contributed by atoms with van der Waals surface area (Å²) >= 11 is 1.42. The number of likely N-dealkylation sites (tertiary alicyclic amines) is 1.